The van der Waals surface area contributed by atoms with Gasteiger partial charge < -0.3 is 14.2 Å². The summed E-state index contributed by atoms with van der Waals surface area (Å²) in [4.78, 5) is 22.8. The van der Waals surface area contributed by atoms with Crippen molar-refractivity contribution in [2.75, 3.05) is 0 Å². The maximum atomic E-state index is 11.4. The summed E-state index contributed by atoms with van der Waals surface area (Å²) in [7, 11) is 0. The summed E-state index contributed by atoms with van der Waals surface area (Å²) in [6.07, 6.45) is -1.10. The van der Waals surface area contributed by atoms with E-state index in [0.29, 0.717) is 0 Å². The third kappa shape index (κ3) is 10.1. The molecule has 0 aliphatic carbocycles. The first-order chi connectivity index (χ1) is 7.89. The van der Waals surface area contributed by atoms with E-state index in [4.69, 9.17) is 14.2 Å². The van der Waals surface area contributed by atoms with Crippen LogP contribution in [0, 0.1) is 0 Å². The van der Waals surface area contributed by atoms with Crippen LogP contribution in [0.5, 0.6) is 0 Å². The van der Waals surface area contributed by atoms with Crippen LogP contribution in [0.3, 0.4) is 0 Å². The molecular weight excluding hydrogens is 236 g/mol. The molecule has 0 heterocycles. The van der Waals surface area contributed by atoms with Crippen LogP contribution < -0.4 is 0 Å². The normalized spacial score (nSPS) is 13.9. The first-order valence-corrected chi connectivity index (χ1v) is 5.98. The van der Waals surface area contributed by atoms with Crippen LogP contribution in [0.2, 0.25) is 0 Å². The Morgan fingerprint density at radius 3 is 1.83 bits per heavy atom. The van der Waals surface area contributed by atoms with Crippen LogP contribution in [0.1, 0.15) is 54.9 Å². The smallest absolute Gasteiger partial charge is 0.319 e. The third-order valence-electron chi connectivity index (χ3n) is 1.53. The zero-order valence-electron chi connectivity index (χ0n) is 12.3. The summed E-state index contributed by atoms with van der Waals surface area (Å²) in [5.41, 5.74) is -1.02. The Bertz CT molecular complexity index is 295. The van der Waals surface area contributed by atoms with Gasteiger partial charge in [-0.05, 0) is 48.5 Å². The third-order valence-corrected chi connectivity index (χ3v) is 1.53. The summed E-state index contributed by atoms with van der Waals surface area (Å²) in [5.74, 6) is -1.25. The zero-order valence-corrected chi connectivity index (χ0v) is 12.3. The topological polar surface area (TPSA) is 61.8 Å². The van der Waals surface area contributed by atoms with E-state index >= 15 is 0 Å². The first kappa shape index (κ1) is 16.9. The Hall–Kier alpha value is -1.10. The summed E-state index contributed by atoms with van der Waals surface area (Å²) in [6, 6.07) is 0. The number of rotatable bonds is 4. The van der Waals surface area contributed by atoms with Crippen molar-refractivity contribution in [1.82, 2.24) is 0 Å². The molecule has 0 N–H and O–H groups in total. The molecule has 0 aromatic heterocycles. The van der Waals surface area contributed by atoms with E-state index < -0.39 is 35.9 Å². The minimum atomic E-state index is -0.695. The fourth-order valence-corrected chi connectivity index (χ4v) is 1.24. The number of esters is 2. The van der Waals surface area contributed by atoms with E-state index in [-0.39, 0.29) is 0 Å². The molecule has 0 saturated heterocycles. The van der Waals surface area contributed by atoms with Gasteiger partial charge in [-0.15, -0.1) is 0 Å². The van der Waals surface area contributed by atoms with Gasteiger partial charge in [-0.2, -0.15) is 0 Å². The van der Waals surface area contributed by atoms with Gasteiger partial charge >= 0.3 is 11.9 Å². The molecule has 0 aliphatic heterocycles. The highest BCUT2D eigenvalue weighted by Crippen LogP contribution is 2.13. The number of carbonyl (C=O) groups is 2. The van der Waals surface area contributed by atoms with Gasteiger partial charge in [0.25, 0.3) is 0 Å². The lowest BCUT2D eigenvalue weighted by molar-refractivity contribution is -0.198. The van der Waals surface area contributed by atoms with Crippen molar-refractivity contribution in [2.24, 2.45) is 0 Å². The molecule has 0 rings (SSSR count). The fraction of sp³-hybridized carbons (Fsp3) is 0.846. The second-order valence-electron chi connectivity index (χ2n) is 6.05. The lowest BCUT2D eigenvalue weighted by atomic mass is 10.2. The Labute approximate surface area is 109 Å². The SMILES string of the molecule is CC(OC(=O)CC(=O)OC(C)(C)C)OC(C)(C)C. The van der Waals surface area contributed by atoms with Crippen molar-refractivity contribution >= 4 is 11.9 Å². The highest BCUT2D eigenvalue weighted by atomic mass is 16.7. The lowest BCUT2D eigenvalue weighted by Crippen LogP contribution is -2.31. The fourth-order valence-electron chi connectivity index (χ4n) is 1.24. The summed E-state index contributed by atoms with van der Waals surface area (Å²) in [5, 5.41) is 0. The van der Waals surface area contributed by atoms with Gasteiger partial charge in [0.15, 0.2) is 0 Å². The molecule has 0 spiro atoms. The molecule has 0 saturated carbocycles. The predicted octanol–water partition coefficient (Wildman–Crippen LogP) is 2.42. The van der Waals surface area contributed by atoms with Crippen LogP contribution in [0.15, 0.2) is 0 Å². The molecule has 0 aromatic carbocycles. The second kappa shape index (κ2) is 6.18. The molecular formula is C13H24O5. The van der Waals surface area contributed by atoms with Gasteiger partial charge in [-0.1, -0.05) is 0 Å². The van der Waals surface area contributed by atoms with Crippen molar-refractivity contribution < 1.29 is 23.8 Å². The van der Waals surface area contributed by atoms with Gasteiger partial charge in [-0.25, -0.2) is 0 Å². The van der Waals surface area contributed by atoms with Crippen molar-refractivity contribution in [1.29, 1.82) is 0 Å². The number of ether oxygens (including phenoxy) is 3. The van der Waals surface area contributed by atoms with Crippen molar-refractivity contribution in [2.45, 2.75) is 72.4 Å². The Kier molecular flexibility index (Phi) is 5.80. The number of carbonyl (C=O) groups excluding carboxylic acids is 2. The second-order valence-corrected chi connectivity index (χ2v) is 6.05. The number of hydrogen-bond donors (Lipinski definition) is 0. The average Bonchev–Trinajstić information content (AvgIpc) is 1.92. The molecule has 0 bridgehead atoms. The molecule has 0 aromatic rings. The molecule has 5 heteroatoms. The van der Waals surface area contributed by atoms with Crippen LogP contribution in [-0.2, 0) is 23.8 Å². The van der Waals surface area contributed by atoms with Crippen LogP contribution in [0.4, 0.5) is 0 Å². The molecule has 106 valence electrons. The van der Waals surface area contributed by atoms with Crippen LogP contribution in [-0.4, -0.2) is 29.4 Å². The zero-order chi connectivity index (χ0) is 14.6. The van der Waals surface area contributed by atoms with Gasteiger partial charge in [0, 0.05) is 0 Å². The summed E-state index contributed by atoms with van der Waals surface area (Å²) in [6.45, 7) is 12.4. The maximum Gasteiger partial charge on any atom is 0.319 e. The quantitative estimate of drug-likeness (QED) is 0.441. The lowest BCUT2D eigenvalue weighted by Gasteiger charge is -2.24. The predicted molar refractivity (Wildman–Crippen MR) is 66.9 cm³/mol. The summed E-state index contributed by atoms with van der Waals surface area (Å²) >= 11 is 0. The Balaban J connectivity index is 4.08. The van der Waals surface area contributed by atoms with Crippen molar-refractivity contribution in [3.8, 4) is 0 Å². The average molecular weight is 260 g/mol. The van der Waals surface area contributed by atoms with Crippen molar-refractivity contribution in [3.63, 3.8) is 0 Å². The summed E-state index contributed by atoms with van der Waals surface area (Å²) < 4.78 is 15.4. The van der Waals surface area contributed by atoms with Gasteiger partial charge in [-0.3, -0.25) is 9.59 Å². The van der Waals surface area contributed by atoms with E-state index in [1.54, 1.807) is 27.7 Å². The number of hydrogen-bond acceptors (Lipinski definition) is 5. The van der Waals surface area contributed by atoms with Gasteiger partial charge in [0.1, 0.15) is 12.0 Å². The highest BCUT2D eigenvalue weighted by Gasteiger charge is 2.22. The molecule has 1 unspecified atom stereocenters. The van der Waals surface area contributed by atoms with E-state index in [1.807, 2.05) is 20.8 Å². The molecule has 1 atom stereocenters. The standard InChI is InChI=1S/C13H24O5/c1-9(17-12(2,3)4)16-10(14)8-11(15)18-13(5,6)7/h9H,8H2,1-7H3. The highest BCUT2D eigenvalue weighted by molar-refractivity contribution is 5.91. The maximum absolute atomic E-state index is 11.4. The first-order valence-electron chi connectivity index (χ1n) is 5.98. The monoisotopic (exact) mass is 260 g/mol. The van der Waals surface area contributed by atoms with E-state index in [0.717, 1.165) is 0 Å². The van der Waals surface area contributed by atoms with Crippen molar-refractivity contribution in [3.05, 3.63) is 0 Å². The molecule has 0 aliphatic rings. The van der Waals surface area contributed by atoms with E-state index in [9.17, 15) is 9.59 Å². The minimum Gasteiger partial charge on any atom is -0.460 e. The van der Waals surface area contributed by atoms with Crippen LogP contribution in [0.25, 0.3) is 0 Å². The largest absolute Gasteiger partial charge is 0.460 e. The molecule has 18 heavy (non-hydrogen) atoms. The van der Waals surface area contributed by atoms with E-state index in [2.05, 4.69) is 0 Å². The Morgan fingerprint density at radius 1 is 0.944 bits per heavy atom. The van der Waals surface area contributed by atoms with Gasteiger partial charge in [0.2, 0.25) is 6.29 Å². The Morgan fingerprint density at radius 2 is 1.44 bits per heavy atom. The molecule has 0 fully saturated rings. The molecule has 5 nitrogen and oxygen atoms in total. The minimum absolute atomic E-state index is 0.408. The molecule has 0 radical (unpaired) electrons. The van der Waals surface area contributed by atoms with E-state index in [1.165, 1.54) is 0 Å². The van der Waals surface area contributed by atoms with Crippen LogP contribution >= 0.6 is 0 Å². The van der Waals surface area contributed by atoms with Gasteiger partial charge in [0.05, 0.1) is 5.60 Å². The molecule has 0 amide bonds.